The predicted octanol–water partition coefficient (Wildman–Crippen LogP) is 5.07. The van der Waals surface area contributed by atoms with Crippen LogP contribution in [-0.4, -0.2) is 6.29 Å². The van der Waals surface area contributed by atoms with Gasteiger partial charge in [0.25, 0.3) is 0 Å². The molecular weight excluding hydrogens is 320 g/mol. The zero-order chi connectivity index (χ0) is 12.3. The monoisotopic (exact) mass is 326 g/mol. The highest BCUT2D eigenvalue weighted by atomic mass is 79.9. The minimum atomic E-state index is 0.664. The summed E-state index contributed by atoms with van der Waals surface area (Å²) in [6.07, 6.45) is 0.835. The third-order valence-corrected chi connectivity index (χ3v) is 4.39. The molecule has 0 aliphatic rings. The number of halogens is 2. The summed E-state index contributed by atoms with van der Waals surface area (Å²) in [5, 5.41) is 0.727. The van der Waals surface area contributed by atoms with Crippen LogP contribution in [-0.2, 0) is 0 Å². The lowest BCUT2D eigenvalue weighted by Gasteiger charge is -2.05. The maximum Gasteiger partial charge on any atom is 0.150 e. The molecule has 2 aromatic carbocycles. The minimum absolute atomic E-state index is 0.664. The van der Waals surface area contributed by atoms with Crippen molar-refractivity contribution in [3.8, 4) is 0 Å². The van der Waals surface area contributed by atoms with Crippen LogP contribution in [0.3, 0.4) is 0 Å². The van der Waals surface area contributed by atoms with Gasteiger partial charge in [-0.3, -0.25) is 4.79 Å². The zero-order valence-electron chi connectivity index (χ0n) is 8.69. The third-order valence-electron chi connectivity index (χ3n) is 2.13. The van der Waals surface area contributed by atoms with Crippen LogP contribution in [0.25, 0.3) is 0 Å². The highest BCUT2D eigenvalue weighted by molar-refractivity contribution is 9.10. The van der Waals surface area contributed by atoms with Crippen LogP contribution in [0.1, 0.15) is 10.4 Å². The van der Waals surface area contributed by atoms with Gasteiger partial charge in [0.05, 0.1) is 0 Å². The molecule has 1 nitrogen and oxygen atoms in total. The SMILES string of the molecule is O=Cc1ccc(Sc2ccc(Cl)cc2)c(Br)c1. The summed E-state index contributed by atoms with van der Waals surface area (Å²) >= 11 is 10.9. The first-order valence-electron chi connectivity index (χ1n) is 4.87. The number of carbonyl (C=O) groups excluding carboxylic acids is 1. The van der Waals surface area contributed by atoms with Crippen molar-refractivity contribution in [2.24, 2.45) is 0 Å². The van der Waals surface area contributed by atoms with E-state index in [-0.39, 0.29) is 0 Å². The minimum Gasteiger partial charge on any atom is -0.298 e. The van der Waals surface area contributed by atoms with Gasteiger partial charge < -0.3 is 0 Å². The molecule has 0 radical (unpaired) electrons. The number of carbonyl (C=O) groups is 1. The van der Waals surface area contributed by atoms with Crippen molar-refractivity contribution in [1.82, 2.24) is 0 Å². The number of aldehydes is 1. The Hall–Kier alpha value is -0.770. The van der Waals surface area contributed by atoms with Gasteiger partial charge in [0.1, 0.15) is 6.29 Å². The number of benzene rings is 2. The summed E-state index contributed by atoms with van der Waals surface area (Å²) in [4.78, 5) is 12.8. The second-order valence-corrected chi connectivity index (χ2v) is 5.77. The molecule has 0 amide bonds. The van der Waals surface area contributed by atoms with E-state index in [0.29, 0.717) is 5.56 Å². The molecule has 0 aliphatic heterocycles. The van der Waals surface area contributed by atoms with Gasteiger partial charge in [-0.15, -0.1) is 0 Å². The Balaban J connectivity index is 2.24. The average Bonchev–Trinajstić information content (AvgIpc) is 2.34. The fraction of sp³-hybridized carbons (Fsp3) is 0. The summed E-state index contributed by atoms with van der Waals surface area (Å²) in [6.45, 7) is 0. The summed E-state index contributed by atoms with van der Waals surface area (Å²) in [5.41, 5.74) is 0.664. The quantitative estimate of drug-likeness (QED) is 0.732. The molecule has 17 heavy (non-hydrogen) atoms. The highest BCUT2D eigenvalue weighted by Gasteiger charge is 2.03. The van der Waals surface area contributed by atoms with Crippen molar-refractivity contribution in [1.29, 1.82) is 0 Å². The maximum absolute atomic E-state index is 10.6. The van der Waals surface area contributed by atoms with Gasteiger partial charge in [-0.1, -0.05) is 29.4 Å². The average molecular weight is 328 g/mol. The molecule has 0 aromatic heterocycles. The predicted molar refractivity (Wildman–Crippen MR) is 75.1 cm³/mol. The fourth-order valence-electron chi connectivity index (χ4n) is 1.30. The number of hydrogen-bond acceptors (Lipinski definition) is 2. The Bertz CT molecular complexity index is 540. The number of hydrogen-bond donors (Lipinski definition) is 0. The molecule has 0 unspecified atom stereocenters. The van der Waals surface area contributed by atoms with Crippen LogP contribution in [0, 0.1) is 0 Å². The Morgan fingerprint density at radius 3 is 2.41 bits per heavy atom. The molecule has 0 saturated carbocycles. The van der Waals surface area contributed by atoms with Crippen molar-refractivity contribution in [3.63, 3.8) is 0 Å². The summed E-state index contributed by atoms with van der Waals surface area (Å²) in [6, 6.07) is 13.2. The summed E-state index contributed by atoms with van der Waals surface area (Å²) in [5.74, 6) is 0. The van der Waals surface area contributed by atoms with E-state index in [1.165, 1.54) is 0 Å². The van der Waals surface area contributed by atoms with E-state index in [9.17, 15) is 4.79 Å². The molecule has 2 aromatic rings. The van der Waals surface area contributed by atoms with Crippen LogP contribution >= 0.6 is 39.3 Å². The van der Waals surface area contributed by atoms with Crippen molar-refractivity contribution < 1.29 is 4.79 Å². The molecule has 0 spiro atoms. The Labute approximate surface area is 117 Å². The number of rotatable bonds is 3. The largest absolute Gasteiger partial charge is 0.298 e. The molecule has 0 N–H and O–H groups in total. The van der Waals surface area contributed by atoms with E-state index < -0.39 is 0 Å². The van der Waals surface area contributed by atoms with Gasteiger partial charge >= 0.3 is 0 Å². The molecule has 0 aliphatic carbocycles. The first kappa shape index (κ1) is 12.7. The van der Waals surface area contributed by atoms with E-state index in [2.05, 4.69) is 15.9 Å². The van der Waals surface area contributed by atoms with E-state index in [1.807, 2.05) is 36.4 Å². The highest BCUT2D eigenvalue weighted by Crippen LogP contribution is 2.34. The molecule has 0 bridgehead atoms. The molecule has 0 saturated heterocycles. The van der Waals surface area contributed by atoms with Crippen LogP contribution < -0.4 is 0 Å². The van der Waals surface area contributed by atoms with Crippen molar-refractivity contribution >= 4 is 45.6 Å². The van der Waals surface area contributed by atoms with Crippen LogP contribution in [0.4, 0.5) is 0 Å². The van der Waals surface area contributed by atoms with Gasteiger partial charge in [-0.05, 0) is 52.3 Å². The second-order valence-electron chi connectivity index (χ2n) is 3.36. The van der Waals surface area contributed by atoms with Crippen molar-refractivity contribution in [2.45, 2.75) is 9.79 Å². The smallest absolute Gasteiger partial charge is 0.150 e. The van der Waals surface area contributed by atoms with E-state index >= 15 is 0 Å². The lowest BCUT2D eigenvalue weighted by Crippen LogP contribution is -1.82. The molecule has 4 heteroatoms. The van der Waals surface area contributed by atoms with Gasteiger partial charge in [-0.25, -0.2) is 0 Å². The van der Waals surface area contributed by atoms with Gasteiger partial charge in [-0.2, -0.15) is 0 Å². The van der Waals surface area contributed by atoms with Crippen molar-refractivity contribution in [2.75, 3.05) is 0 Å². The van der Waals surface area contributed by atoms with E-state index in [1.54, 1.807) is 17.8 Å². The van der Waals surface area contributed by atoms with E-state index in [0.717, 1.165) is 25.6 Å². The second kappa shape index (κ2) is 5.71. The van der Waals surface area contributed by atoms with Gasteiger partial charge in [0, 0.05) is 24.8 Å². The topological polar surface area (TPSA) is 17.1 Å². The first-order chi connectivity index (χ1) is 8.19. The molecule has 0 heterocycles. The molecule has 0 atom stereocenters. The maximum atomic E-state index is 10.6. The van der Waals surface area contributed by atoms with Gasteiger partial charge in [0.15, 0.2) is 0 Å². The lowest BCUT2D eigenvalue weighted by molar-refractivity contribution is 0.112. The Morgan fingerprint density at radius 1 is 1.12 bits per heavy atom. The zero-order valence-corrected chi connectivity index (χ0v) is 11.8. The molecule has 0 fully saturated rings. The Kier molecular flexibility index (Phi) is 4.26. The fourth-order valence-corrected chi connectivity index (χ4v) is 2.89. The Morgan fingerprint density at radius 2 is 1.82 bits per heavy atom. The van der Waals surface area contributed by atoms with E-state index in [4.69, 9.17) is 11.6 Å². The molecule has 2 rings (SSSR count). The van der Waals surface area contributed by atoms with Crippen LogP contribution in [0.15, 0.2) is 56.7 Å². The standard InChI is InChI=1S/C13H8BrClOS/c14-12-7-9(8-16)1-6-13(12)17-11-4-2-10(15)3-5-11/h1-8H. The molecular formula is C13H8BrClOS. The summed E-state index contributed by atoms with van der Waals surface area (Å²) < 4.78 is 0.919. The van der Waals surface area contributed by atoms with Crippen LogP contribution in [0.2, 0.25) is 5.02 Å². The van der Waals surface area contributed by atoms with Crippen molar-refractivity contribution in [3.05, 3.63) is 57.5 Å². The third kappa shape index (κ3) is 3.35. The molecule has 86 valence electrons. The van der Waals surface area contributed by atoms with Crippen LogP contribution in [0.5, 0.6) is 0 Å². The first-order valence-corrected chi connectivity index (χ1v) is 6.86. The summed E-state index contributed by atoms with van der Waals surface area (Å²) in [7, 11) is 0. The normalized spacial score (nSPS) is 10.2. The lowest BCUT2D eigenvalue weighted by atomic mass is 10.2. The van der Waals surface area contributed by atoms with Gasteiger partial charge in [0.2, 0.25) is 0 Å².